The molecule has 3 heterocycles. The number of hydrogen-bond donors (Lipinski definition) is 3. The van der Waals surface area contributed by atoms with Gasteiger partial charge in [-0.3, -0.25) is 15.1 Å². The van der Waals surface area contributed by atoms with E-state index in [-0.39, 0.29) is 34.9 Å². The third-order valence-corrected chi connectivity index (χ3v) is 8.83. The number of aromatic nitrogens is 1. The van der Waals surface area contributed by atoms with E-state index in [2.05, 4.69) is 20.5 Å². The zero-order valence-corrected chi connectivity index (χ0v) is 21.8. The van der Waals surface area contributed by atoms with Crippen LogP contribution in [0.4, 0.5) is 8.78 Å². The molecule has 2 aliphatic heterocycles. The van der Waals surface area contributed by atoms with Crippen LogP contribution in [-0.2, 0) is 10.4 Å². The molecule has 3 aromatic rings. The maximum Gasteiger partial charge on any atom is 0.238 e. The molecule has 2 fully saturated rings. The van der Waals surface area contributed by atoms with E-state index in [1.165, 1.54) is 24.3 Å². The van der Waals surface area contributed by atoms with E-state index >= 15 is 0 Å². The first-order valence-corrected chi connectivity index (χ1v) is 14.0. The van der Waals surface area contributed by atoms with Crippen molar-refractivity contribution in [3.63, 3.8) is 0 Å². The number of piperidine rings is 1. The van der Waals surface area contributed by atoms with E-state index < -0.39 is 5.60 Å². The first kappa shape index (κ1) is 26.7. The average molecular weight is 539 g/mol. The molecule has 2 aliphatic rings. The van der Waals surface area contributed by atoms with E-state index in [0.717, 1.165) is 25.2 Å². The highest BCUT2D eigenvalue weighted by Gasteiger charge is 2.41. The first-order chi connectivity index (χ1) is 18.4. The van der Waals surface area contributed by atoms with E-state index in [1.807, 2.05) is 18.3 Å². The van der Waals surface area contributed by atoms with Crippen molar-refractivity contribution in [1.29, 1.82) is 0 Å². The van der Waals surface area contributed by atoms with Crippen LogP contribution in [-0.4, -0.2) is 58.9 Å². The fourth-order valence-electron chi connectivity index (χ4n) is 5.43. The van der Waals surface area contributed by atoms with Gasteiger partial charge in [0.15, 0.2) is 0 Å². The second-order valence-corrected chi connectivity index (χ2v) is 11.0. The lowest BCUT2D eigenvalue weighted by atomic mass is 9.72. The number of benzene rings is 2. The lowest BCUT2D eigenvalue weighted by Crippen LogP contribution is -2.48. The topological polar surface area (TPSA) is 77.5 Å². The minimum atomic E-state index is -1.35. The Morgan fingerprint density at radius 1 is 1.05 bits per heavy atom. The minimum absolute atomic E-state index is 0.000714. The molecule has 38 heavy (non-hydrogen) atoms. The van der Waals surface area contributed by atoms with Crippen molar-refractivity contribution >= 4 is 17.7 Å². The number of nitrogens with one attached hydrogen (secondary N) is 2. The van der Waals surface area contributed by atoms with Crippen molar-refractivity contribution in [2.24, 2.45) is 5.92 Å². The molecule has 200 valence electrons. The van der Waals surface area contributed by atoms with Gasteiger partial charge in [-0.1, -0.05) is 30.3 Å². The maximum absolute atomic E-state index is 13.6. The SMILES string of the molecule is O=C(NCCN1CCC(C(O)(c2ccc(F)cc2)c2ccc(F)cc2)CC1)C1CSC(c2cccnc2)N1. The lowest BCUT2D eigenvalue weighted by molar-refractivity contribution is -0.122. The number of amides is 1. The number of carbonyl (C=O) groups is 1. The molecule has 0 spiro atoms. The Labute approximate surface area is 225 Å². The molecule has 6 nitrogen and oxygen atoms in total. The number of carbonyl (C=O) groups excluding carboxylic acids is 1. The fourth-order valence-corrected chi connectivity index (χ4v) is 6.65. The van der Waals surface area contributed by atoms with Gasteiger partial charge in [0.25, 0.3) is 0 Å². The Bertz CT molecular complexity index is 1160. The van der Waals surface area contributed by atoms with Crippen molar-refractivity contribution < 1.29 is 18.7 Å². The van der Waals surface area contributed by atoms with Crippen LogP contribution in [0.5, 0.6) is 0 Å². The number of pyridine rings is 1. The third kappa shape index (κ3) is 5.91. The molecule has 1 aromatic heterocycles. The zero-order valence-electron chi connectivity index (χ0n) is 21.0. The highest BCUT2D eigenvalue weighted by atomic mass is 32.2. The van der Waals surface area contributed by atoms with Crippen molar-refractivity contribution in [3.8, 4) is 0 Å². The van der Waals surface area contributed by atoms with Crippen LogP contribution in [0, 0.1) is 17.6 Å². The van der Waals surface area contributed by atoms with Gasteiger partial charge < -0.3 is 15.3 Å². The fraction of sp³-hybridized carbons (Fsp3) is 0.379. The number of rotatable bonds is 8. The van der Waals surface area contributed by atoms with Crippen molar-refractivity contribution in [2.45, 2.75) is 29.9 Å². The van der Waals surface area contributed by atoms with Gasteiger partial charge in [0, 0.05) is 31.2 Å². The Hall–Kier alpha value is -2.85. The van der Waals surface area contributed by atoms with Gasteiger partial charge in [0.05, 0.1) is 11.4 Å². The number of likely N-dealkylation sites (tertiary alicyclic amines) is 1. The second kappa shape index (κ2) is 11.9. The predicted molar refractivity (Wildman–Crippen MR) is 144 cm³/mol. The summed E-state index contributed by atoms with van der Waals surface area (Å²) in [5.74, 6) is -0.145. The molecular weight excluding hydrogens is 506 g/mol. The molecular formula is C29H32F2N4O2S. The van der Waals surface area contributed by atoms with Gasteiger partial charge in [-0.25, -0.2) is 8.78 Å². The molecule has 2 aromatic carbocycles. The van der Waals surface area contributed by atoms with Crippen LogP contribution in [0.1, 0.15) is 34.9 Å². The van der Waals surface area contributed by atoms with E-state index in [4.69, 9.17) is 0 Å². The molecule has 0 radical (unpaired) electrons. The average Bonchev–Trinajstić information content (AvgIpc) is 3.45. The summed E-state index contributed by atoms with van der Waals surface area (Å²) in [6.45, 7) is 2.78. The van der Waals surface area contributed by atoms with Gasteiger partial charge in [-0.2, -0.15) is 0 Å². The van der Waals surface area contributed by atoms with Gasteiger partial charge in [-0.05, 0) is 78.9 Å². The molecule has 1 amide bonds. The quantitative estimate of drug-likeness (QED) is 0.405. The Morgan fingerprint density at radius 3 is 2.26 bits per heavy atom. The third-order valence-electron chi connectivity index (χ3n) is 7.56. The number of halogens is 2. The van der Waals surface area contributed by atoms with Gasteiger partial charge in [0.1, 0.15) is 17.2 Å². The number of hydrogen-bond acceptors (Lipinski definition) is 6. The highest BCUT2D eigenvalue weighted by Crippen LogP contribution is 2.42. The normalized spacial score (nSPS) is 20.9. The standard InChI is InChI=1S/C29H32F2N4O2S/c30-24-7-3-21(4-8-24)29(37,22-5-9-25(31)10-6-22)23-11-15-35(16-12-23)17-14-33-27(36)26-19-38-28(34-26)20-2-1-13-32-18-20/h1-10,13,18,23,26,28,34,37H,11-12,14-17,19H2,(H,33,36). The summed E-state index contributed by atoms with van der Waals surface area (Å²) in [5, 5.41) is 18.5. The molecule has 0 saturated carbocycles. The largest absolute Gasteiger partial charge is 0.380 e. The number of thioether (sulfide) groups is 1. The summed E-state index contributed by atoms with van der Waals surface area (Å²) in [6, 6.07) is 15.5. The summed E-state index contributed by atoms with van der Waals surface area (Å²) in [6.07, 6.45) is 4.99. The van der Waals surface area contributed by atoms with Gasteiger partial charge >= 0.3 is 0 Å². The first-order valence-electron chi connectivity index (χ1n) is 13.0. The molecule has 0 aliphatic carbocycles. The minimum Gasteiger partial charge on any atom is -0.380 e. The number of nitrogens with zero attached hydrogens (tertiary/aromatic N) is 2. The van der Waals surface area contributed by atoms with Crippen LogP contribution >= 0.6 is 11.8 Å². The molecule has 5 rings (SSSR count). The lowest BCUT2D eigenvalue weighted by Gasteiger charge is -2.42. The molecule has 2 atom stereocenters. The van der Waals surface area contributed by atoms with E-state index in [0.29, 0.717) is 36.3 Å². The van der Waals surface area contributed by atoms with E-state index in [9.17, 15) is 18.7 Å². The molecule has 2 unspecified atom stereocenters. The zero-order chi connectivity index (χ0) is 26.5. The molecule has 2 saturated heterocycles. The van der Waals surface area contributed by atoms with Gasteiger partial charge in [0.2, 0.25) is 5.91 Å². The summed E-state index contributed by atoms with van der Waals surface area (Å²) >= 11 is 1.71. The summed E-state index contributed by atoms with van der Waals surface area (Å²) in [4.78, 5) is 19.1. The monoisotopic (exact) mass is 538 g/mol. The van der Waals surface area contributed by atoms with Gasteiger partial charge in [-0.15, -0.1) is 11.8 Å². The van der Waals surface area contributed by atoms with Crippen LogP contribution in [0.3, 0.4) is 0 Å². The van der Waals surface area contributed by atoms with Crippen molar-refractivity contribution in [3.05, 3.63) is 101 Å². The number of aliphatic hydroxyl groups is 1. The molecule has 9 heteroatoms. The summed E-state index contributed by atoms with van der Waals surface area (Å²) in [5.41, 5.74) is 0.917. The highest BCUT2D eigenvalue weighted by molar-refractivity contribution is 7.99. The Balaban J connectivity index is 1.14. The molecule has 3 N–H and O–H groups in total. The van der Waals surface area contributed by atoms with Crippen LogP contribution in [0.15, 0.2) is 73.1 Å². The summed E-state index contributed by atoms with van der Waals surface area (Å²) < 4.78 is 27.2. The van der Waals surface area contributed by atoms with Crippen molar-refractivity contribution in [1.82, 2.24) is 20.5 Å². The van der Waals surface area contributed by atoms with E-state index in [1.54, 1.807) is 42.2 Å². The van der Waals surface area contributed by atoms with Crippen LogP contribution in [0.2, 0.25) is 0 Å². The summed E-state index contributed by atoms with van der Waals surface area (Å²) in [7, 11) is 0. The Kier molecular flexibility index (Phi) is 8.38. The Morgan fingerprint density at radius 2 is 1.68 bits per heavy atom. The predicted octanol–water partition coefficient (Wildman–Crippen LogP) is 3.83. The second-order valence-electron chi connectivity index (χ2n) is 9.91. The smallest absolute Gasteiger partial charge is 0.238 e. The maximum atomic E-state index is 13.6. The molecule has 0 bridgehead atoms. The van der Waals surface area contributed by atoms with Crippen LogP contribution in [0.25, 0.3) is 0 Å². The van der Waals surface area contributed by atoms with Crippen LogP contribution < -0.4 is 10.6 Å². The van der Waals surface area contributed by atoms with Crippen molar-refractivity contribution in [2.75, 3.05) is 31.9 Å².